The normalized spacial score (nSPS) is 19.4. The van der Waals surface area contributed by atoms with Crippen molar-refractivity contribution in [1.82, 2.24) is 10.2 Å². The largest absolute Gasteiger partial charge is 0.511 e. The van der Waals surface area contributed by atoms with Crippen molar-refractivity contribution >= 4 is 58.8 Å². The lowest BCUT2D eigenvalue weighted by atomic mass is 10.0. The number of nitrogens with one attached hydrogen (secondary N) is 1. The standard InChI is InChI=1S/C20H26ClN3O10S/c1-4-5-6-32-20(29)34-10-33-19(28)15-11(8-30-2)9-35-18-14(17(27)24(15)18)22-16(26)13(23-31-3)12(25)7-21/h14,18H,4-10H2,1-3H3,(H,22,26)/t14?,18-/m0/s1. The first-order valence-electron chi connectivity index (χ1n) is 10.4. The van der Waals surface area contributed by atoms with E-state index in [9.17, 15) is 24.0 Å². The summed E-state index contributed by atoms with van der Waals surface area (Å²) in [5.41, 5.74) is -0.189. The Morgan fingerprint density at radius 2 is 1.94 bits per heavy atom. The average Bonchev–Trinajstić information content (AvgIpc) is 2.85. The highest BCUT2D eigenvalue weighted by Gasteiger charge is 2.54. The number of alkyl halides is 1. The van der Waals surface area contributed by atoms with E-state index in [1.54, 1.807) is 0 Å². The van der Waals surface area contributed by atoms with E-state index >= 15 is 0 Å². The molecule has 2 aliphatic rings. The number of β-lactam (4-membered cyclic amide) rings is 1. The third-order valence-electron chi connectivity index (χ3n) is 4.71. The number of fused-ring (bicyclic) bond motifs is 1. The number of ketones is 1. The Kier molecular flexibility index (Phi) is 11.3. The van der Waals surface area contributed by atoms with Crippen molar-refractivity contribution in [2.24, 2.45) is 5.16 Å². The number of hydrogen-bond donors (Lipinski definition) is 1. The van der Waals surface area contributed by atoms with Crippen LogP contribution in [0.25, 0.3) is 0 Å². The van der Waals surface area contributed by atoms with Crippen LogP contribution in [0.1, 0.15) is 19.8 Å². The summed E-state index contributed by atoms with van der Waals surface area (Å²) >= 11 is 6.76. The summed E-state index contributed by atoms with van der Waals surface area (Å²) in [6, 6.07) is -1.05. The van der Waals surface area contributed by atoms with Gasteiger partial charge in [0.25, 0.3) is 11.8 Å². The molecule has 0 spiro atoms. The summed E-state index contributed by atoms with van der Waals surface area (Å²) in [5.74, 6) is -3.48. The smallest absolute Gasteiger partial charge is 0.434 e. The van der Waals surface area contributed by atoms with E-state index in [1.165, 1.54) is 18.9 Å². The molecule has 2 amide bonds. The van der Waals surface area contributed by atoms with Crippen LogP contribution >= 0.6 is 23.4 Å². The molecule has 2 rings (SSSR count). The van der Waals surface area contributed by atoms with E-state index in [1.807, 2.05) is 6.92 Å². The molecule has 2 atom stereocenters. The van der Waals surface area contributed by atoms with Gasteiger partial charge >= 0.3 is 12.1 Å². The molecule has 1 unspecified atom stereocenters. The minimum Gasteiger partial charge on any atom is -0.434 e. The number of carbonyl (C=O) groups excluding carboxylic acids is 5. The molecule has 0 aromatic heterocycles. The SMILES string of the molecule is CCCCOC(=O)OCOC(=O)C1=C(COC)CS[C@H]2C(NC(=O)C(=NOC)C(=O)CCl)C(=O)N12. The molecule has 0 radical (unpaired) electrons. The number of nitrogens with zero attached hydrogens (tertiary/aromatic N) is 2. The second kappa shape index (κ2) is 13.9. The summed E-state index contributed by atoms with van der Waals surface area (Å²) in [4.78, 5) is 67.1. The highest BCUT2D eigenvalue weighted by molar-refractivity contribution is 8.00. The summed E-state index contributed by atoms with van der Waals surface area (Å²) in [6.07, 6.45) is 0.499. The first-order valence-corrected chi connectivity index (χ1v) is 12.0. The molecule has 0 aliphatic carbocycles. The highest BCUT2D eigenvalue weighted by atomic mass is 35.5. The summed E-state index contributed by atoms with van der Waals surface area (Å²) in [6.45, 7) is 1.43. The fourth-order valence-electron chi connectivity index (χ4n) is 3.08. The van der Waals surface area contributed by atoms with Gasteiger partial charge in [-0.05, 0) is 12.0 Å². The van der Waals surface area contributed by atoms with E-state index < -0.39 is 59.5 Å². The van der Waals surface area contributed by atoms with Crippen LogP contribution in [0.5, 0.6) is 0 Å². The number of thioether (sulfide) groups is 1. The molecular formula is C20H26ClN3O10S. The Morgan fingerprint density at radius 3 is 2.57 bits per heavy atom. The minimum absolute atomic E-state index is 0.0414. The minimum atomic E-state index is -1.05. The van der Waals surface area contributed by atoms with Crippen molar-refractivity contribution in [3.63, 3.8) is 0 Å². The van der Waals surface area contributed by atoms with Gasteiger partial charge in [0.05, 0.1) is 19.1 Å². The zero-order valence-corrected chi connectivity index (χ0v) is 20.9. The number of ether oxygens (including phenoxy) is 4. The van der Waals surface area contributed by atoms with Crippen molar-refractivity contribution in [3.8, 4) is 0 Å². The Balaban J connectivity index is 2.07. The molecule has 194 valence electrons. The van der Waals surface area contributed by atoms with Gasteiger partial charge in [0.2, 0.25) is 18.3 Å². The van der Waals surface area contributed by atoms with Gasteiger partial charge in [-0.25, -0.2) is 9.59 Å². The van der Waals surface area contributed by atoms with Crippen LogP contribution in [0, 0.1) is 0 Å². The Hall–Kier alpha value is -2.84. The number of carbonyl (C=O) groups is 5. The van der Waals surface area contributed by atoms with Crippen LogP contribution < -0.4 is 5.32 Å². The maximum atomic E-state index is 12.9. The Morgan fingerprint density at radius 1 is 1.20 bits per heavy atom. The van der Waals surface area contributed by atoms with Crippen molar-refractivity contribution in [2.45, 2.75) is 31.2 Å². The van der Waals surface area contributed by atoms with Gasteiger partial charge in [0, 0.05) is 12.9 Å². The number of hydrogen-bond acceptors (Lipinski definition) is 12. The molecule has 13 nitrogen and oxygen atoms in total. The van der Waals surface area contributed by atoms with Crippen molar-refractivity contribution in [3.05, 3.63) is 11.3 Å². The van der Waals surface area contributed by atoms with Crippen LogP contribution in [0.2, 0.25) is 0 Å². The molecule has 15 heteroatoms. The Labute approximate surface area is 210 Å². The number of rotatable bonds is 13. The third kappa shape index (κ3) is 7.08. The number of methoxy groups -OCH3 is 1. The average molecular weight is 536 g/mol. The van der Waals surface area contributed by atoms with E-state index in [4.69, 9.17) is 30.5 Å². The molecule has 2 heterocycles. The molecule has 1 fully saturated rings. The van der Waals surface area contributed by atoms with Gasteiger partial charge < -0.3 is 29.1 Å². The number of amides is 2. The fourth-order valence-corrected chi connectivity index (χ4v) is 4.53. The number of esters is 1. The summed E-state index contributed by atoms with van der Waals surface area (Å²) in [7, 11) is 2.57. The molecule has 0 aromatic carbocycles. The molecular weight excluding hydrogens is 510 g/mol. The first kappa shape index (κ1) is 28.4. The second-order valence-corrected chi connectivity index (χ2v) is 8.44. The molecule has 1 N–H and O–H groups in total. The van der Waals surface area contributed by atoms with E-state index in [0.29, 0.717) is 17.7 Å². The van der Waals surface area contributed by atoms with Gasteiger partial charge in [-0.2, -0.15) is 0 Å². The Bertz CT molecular complexity index is 910. The van der Waals surface area contributed by atoms with Crippen molar-refractivity contribution in [2.75, 3.05) is 45.9 Å². The zero-order valence-electron chi connectivity index (χ0n) is 19.4. The zero-order chi connectivity index (χ0) is 26.0. The third-order valence-corrected chi connectivity index (χ3v) is 6.30. The molecule has 0 saturated carbocycles. The molecule has 2 aliphatic heterocycles. The van der Waals surface area contributed by atoms with Crippen LogP contribution in [-0.2, 0) is 43.0 Å². The number of Topliss-reactive ketones (excluding diaryl/α,β-unsaturated/α-hetero) is 1. The lowest BCUT2D eigenvalue weighted by Gasteiger charge is -2.49. The van der Waals surface area contributed by atoms with E-state index in [-0.39, 0.29) is 18.9 Å². The molecule has 0 aromatic rings. The van der Waals surface area contributed by atoms with Crippen LogP contribution in [0.3, 0.4) is 0 Å². The van der Waals surface area contributed by atoms with Crippen LogP contribution in [0.4, 0.5) is 4.79 Å². The number of halogens is 1. The highest BCUT2D eigenvalue weighted by Crippen LogP contribution is 2.40. The van der Waals surface area contributed by atoms with Gasteiger partial charge in [-0.1, -0.05) is 18.5 Å². The predicted octanol–water partition coefficient (Wildman–Crippen LogP) is 0.551. The maximum Gasteiger partial charge on any atom is 0.511 e. The number of oxime groups is 1. The van der Waals surface area contributed by atoms with E-state index in [2.05, 4.69) is 15.3 Å². The van der Waals surface area contributed by atoms with Gasteiger partial charge in [0.15, 0.2) is 0 Å². The van der Waals surface area contributed by atoms with Gasteiger partial charge in [-0.3, -0.25) is 19.3 Å². The summed E-state index contributed by atoms with van der Waals surface area (Å²) < 4.78 is 19.6. The summed E-state index contributed by atoms with van der Waals surface area (Å²) in [5, 5.41) is 5.13. The van der Waals surface area contributed by atoms with Crippen molar-refractivity contribution in [1.29, 1.82) is 0 Å². The molecule has 35 heavy (non-hydrogen) atoms. The van der Waals surface area contributed by atoms with Gasteiger partial charge in [-0.15, -0.1) is 23.4 Å². The van der Waals surface area contributed by atoms with Gasteiger partial charge in [0.1, 0.15) is 24.2 Å². The van der Waals surface area contributed by atoms with Crippen LogP contribution in [-0.4, -0.2) is 97.6 Å². The maximum absolute atomic E-state index is 12.9. The number of unbranched alkanes of at least 4 members (excludes halogenated alkanes) is 1. The molecule has 0 bridgehead atoms. The van der Waals surface area contributed by atoms with Crippen LogP contribution in [0.15, 0.2) is 16.4 Å². The quantitative estimate of drug-likeness (QED) is 0.0512. The van der Waals surface area contributed by atoms with E-state index in [0.717, 1.165) is 18.4 Å². The first-order chi connectivity index (χ1) is 16.8. The van der Waals surface area contributed by atoms with Crippen molar-refractivity contribution < 1.29 is 47.8 Å². The molecule has 1 saturated heterocycles. The topological polar surface area (TPSA) is 159 Å². The lowest BCUT2D eigenvalue weighted by molar-refractivity contribution is -0.157. The lowest BCUT2D eigenvalue weighted by Crippen LogP contribution is -2.71. The second-order valence-electron chi connectivity index (χ2n) is 7.07. The predicted molar refractivity (Wildman–Crippen MR) is 122 cm³/mol. The fraction of sp³-hybridized carbons (Fsp3) is 0.600. The monoisotopic (exact) mass is 535 g/mol.